The number of quaternary nitrogens is 1. The van der Waals surface area contributed by atoms with E-state index < -0.39 is 0 Å². The lowest BCUT2D eigenvalue weighted by molar-refractivity contribution is -0.671. The zero-order valence-electron chi connectivity index (χ0n) is 9.49. The molecule has 1 aromatic rings. The van der Waals surface area contributed by atoms with Crippen LogP contribution in [-0.2, 0) is 6.54 Å². The third-order valence-corrected chi connectivity index (χ3v) is 2.59. The molecule has 0 saturated carbocycles. The van der Waals surface area contributed by atoms with Crippen LogP contribution in [0.3, 0.4) is 0 Å². The Morgan fingerprint density at radius 2 is 1.67 bits per heavy atom. The van der Waals surface area contributed by atoms with Crippen LogP contribution in [0.15, 0.2) is 30.3 Å². The van der Waals surface area contributed by atoms with Crippen molar-refractivity contribution < 1.29 is 5.32 Å². The van der Waals surface area contributed by atoms with Gasteiger partial charge in [-0.25, -0.2) is 0 Å². The highest BCUT2D eigenvalue weighted by Crippen LogP contribution is 1.96. The summed E-state index contributed by atoms with van der Waals surface area (Å²) in [6.07, 6.45) is 5.10. The molecule has 0 aromatic heterocycles. The molecule has 0 aliphatic rings. The van der Waals surface area contributed by atoms with Gasteiger partial charge in [0.15, 0.2) is 0 Å². The van der Waals surface area contributed by atoms with Crippen molar-refractivity contribution in [2.75, 3.05) is 13.1 Å². The Morgan fingerprint density at radius 1 is 0.933 bits per heavy atom. The molecule has 0 unspecified atom stereocenters. The van der Waals surface area contributed by atoms with Crippen LogP contribution in [0.5, 0.6) is 0 Å². The number of nitrogens with two attached hydrogens (primary N) is 2. The van der Waals surface area contributed by atoms with Crippen molar-refractivity contribution >= 4 is 0 Å². The molecule has 0 aliphatic carbocycles. The predicted molar refractivity (Wildman–Crippen MR) is 64.5 cm³/mol. The summed E-state index contributed by atoms with van der Waals surface area (Å²) in [6.45, 7) is 3.19. The van der Waals surface area contributed by atoms with E-state index in [0.29, 0.717) is 0 Å². The fraction of sp³-hybridized carbons (Fsp3) is 0.538. The average Bonchev–Trinajstić information content (AvgIpc) is 2.29. The molecule has 0 spiro atoms. The SMILES string of the molecule is NCCCCCC[NH2+]Cc1ccccc1. The van der Waals surface area contributed by atoms with Gasteiger partial charge in [0.25, 0.3) is 0 Å². The van der Waals surface area contributed by atoms with E-state index in [1.165, 1.54) is 37.8 Å². The second-order valence-corrected chi connectivity index (χ2v) is 3.97. The lowest BCUT2D eigenvalue weighted by atomic mass is 10.2. The molecule has 15 heavy (non-hydrogen) atoms. The first-order chi connectivity index (χ1) is 7.43. The number of rotatable bonds is 8. The maximum atomic E-state index is 5.44. The van der Waals surface area contributed by atoms with Crippen molar-refractivity contribution in [3.05, 3.63) is 35.9 Å². The Hall–Kier alpha value is -0.860. The molecule has 0 bridgehead atoms. The van der Waals surface area contributed by atoms with E-state index in [9.17, 15) is 0 Å². The summed E-state index contributed by atoms with van der Waals surface area (Å²) in [7, 11) is 0. The smallest absolute Gasteiger partial charge is 0.101 e. The van der Waals surface area contributed by atoms with Crippen molar-refractivity contribution in [2.45, 2.75) is 32.2 Å². The van der Waals surface area contributed by atoms with Gasteiger partial charge in [-0.3, -0.25) is 0 Å². The molecule has 2 nitrogen and oxygen atoms in total. The van der Waals surface area contributed by atoms with Crippen LogP contribution in [0, 0.1) is 0 Å². The number of unbranched alkanes of at least 4 members (excludes halogenated alkanes) is 3. The molecule has 4 N–H and O–H groups in total. The van der Waals surface area contributed by atoms with E-state index >= 15 is 0 Å². The normalized spacial score (nSPS) is 10.5. The van der Waals surface area contributed by atoms with Crippen LogP contribution in [0.25, 0.3) is 0 Å². The highest BCUT2D eigenvalue weighted by atomic mass is 14.8. The van der Waals surface area contributed by atoms with E-state index in [1.54, 1.807) is 0 Å². The summed E-state index contributed by atoms with van der Waals surface area (Å²) in [6, 6.07) is 10.6. The van der Waals surface area contributed by atoms with Crippen molar-refractivity contribution in [1.82, 2.24) is 0 Å². The van der Waals surface area contributed by atoms with Crippen molar-refractivity contribution in [1.29, 1.82) is 0 Å². The molecule has 0 saturated heterocycles. The van der Waals surface area contributed by atoms with Gasteiger partial charge >= 0.3 is 0 Å². The van der Waals surface area contributed by atoms with E-state index in [-0.39, 0.29) is 0 Å². The summed E-state index contributed by atoms with van der Waals surface area (Å²) < 4.78 is 0. The second kappa shape index (κ2) is 8.45. The number of benzene rings is 1. The number of hydrogen-bond donors (Lipinski definition) is 2. The Labute approximate surface area is 92.9 Å². The molecular weight excluding hydrogens is 184 g/mol. The van der Waals surface area contributed by atoms with Crippen LogP contribution < -0.4 is 11.1 Å². The van der Waals surface area contributed by atoms with Crippen molar-refractivity contribution in [3.8, 4) is 0 Å². The monoisotopic (exact) mass is 207 g/mol. The van der Waals surface area contributed by atoms with Gasteiger partial charge in [-0.05, 0) is 25.8 Å². The van der Waals surface area contributed by atoms with Crippen LogP contribution in [0.1, 0.15) is 31.2 Å². The maximum absolute atomic E-state index is 5.44. The van der Waals surface area contributed by atoms with Gasteiger partial charge in [0, 0.05) is 5.56 Å². The Morgan fingerprint density at radius 3 is 2.40 bits per heavy atom. The van der Waals surface area contributed by atoms with Crippen LogP contribution in [0.2, 0.25) is 0 Å². The fourth-order valence-electron chi connectivity index (χ4n) is 1.67. The third kappa shape index (κ3) is 6.26. The van der Waals surface area contributed by atoms with Gasteiger partial charge in [0.05, 0.1) is 6.54 Å². The van der Waals surface area contributed by atoms with E-state index in [1.807, 2.05) is 0 Å². The zero-order chi connectivity index (χ0) is 10.8. The van der Waals surface area contributed by atoms with Crippen molar-refractivity contribution in [3.63, 3.8) is 0 Å². The lowest BCUT2D eigenvalue weighted by Gasteiger charge is -2.01. The van der Waals surface area contributed by atoms with Gasteiger partial charge in [0.1, 0.15) is 6.54 Å². The second-order valence-electron chi connectivity index (χ2n) is 3.97. The highest BCUT2D eigenvalue weighted by molar-refractivity contribution is 5.12. The Balaban J connectivity index is 1.93. The minimum Gasteiger partial charge on any atom is -0.343 e. The van der Waals surface area contributed by atoms with Gasteiger partial charge in [0.2, 0.25) is 0 Å². The van der Waals surface area contributed by atoms with E-state index in [4.69, 9.17) is 5.73 Å². The minimum absolute atomic E-state index is 0.841. The van der Waals surface area contributed by atoms with Crippen LogP contribution in [-0.4, -0.2) is 13.1 Å². The molecule has 0 heterocycles. The van der Waals surface area contributed by atoms with Gasteiger partial charge in [-0.15, -0.1) is 0 Å². The fourth-order valence-corrected chi connectivity index (χ4v) is 1.67. The summed E-state index contributed by atoms with van der Waals surface area (Å²) in [4.78, 5) is 0. The first kappa shape index (κ1) is 12.2. The average molecular weight is 207 g/mol. The third-order valence-electron chi connectivity index (χ3n) is 2.59. The molecule has 1 aromatic carbocycles. The predicted octanol–water partition coefficient (Wildman–Crippen LogP) is 1.27. The summed E-state index contributed by atoms with van der Waals surface area (Å²) in [5.41, 5.74) is 6.85. The largest absolute Gasteiger partial charge is 0.343 e. The number of hydrogen-bond acceptors (Lipinski definition) is 1. The van der Waals surface area contributed by atoms with E-state index in [0.717, 1.165) is 13.1 Å². The maximum Gasteiger partial charge on any atom is 0.101 e. The molecule has 0 amide bonds. The topological polar surface area (TPSA) is 42.6 Å². The van der Waals surface area contributed by atoms with Crippen LogP contribution in [0.4, 0.5) is 0 Å². The first-order valence-electron chi connectivity index (χ1n) is 5.99. The van der Waals surface area contributed by atoms with Gasteiger partial charge in [-0.2, -0.15) is 0 Å². The molecule has 0 aliphatic heterocycles. The van der Waals surface area contributed by atoms with Crippen molar-refractivity contribution in [2.24, 2.45) is 5.73 Å². The molecule has 0 radical (unpaired) electrons. The molecule has 0 fully saturated rings. The van der Waals surface area contributed by atoms with Gasteiger partial charge in [-0.1, -0.05) is 36.8 Å². The lowest BCUT2D eigenvalue weighted by Crippen LogP contribution is -2.82. The first-order valence-corrected chi connectivity index (χ1v) is 5.99. The Kier molecular flexibility index (Phi) is 6.88. The highest BCUT2D eigenvalue weighted by Gasteiger charge is 1.94. The van der Waals surface area contributed by atoms with Gasteiger partial charge < -0.3 is 11.1 Å². The molecule has 0 atom stereocenters. The molecule has 84 valence electrons. The summed E-state index contributed by atoms with van der Waals surface area (Å²) in [5.74, 6) is 0. The molecular formula is C13H23N2+. The standard InChI is InChI=1S/C13H22N2/c14-10-6-1-2-7-11-15-12-13-8-4-3-5-9-13/h3-5,8-9,15H,1-2,6-7,10-12,14H2/p+1. The summed E-state index contributed by atoms with van der Waals surface area (Å²) >= 11 is 0. The minimum atomic E-state index is 0.841. The summed E-state index contributed by atoms with van der Waals surface area (Å²) in [5, 5.41) is 2.39. The zero-order valence-corrected chi connectivity index (χ0v) is 9.49. The van der Waals surface area contributed by atoms with E-state index in [2.05, 4.69) is 35.6 Å². The molecule has 2 heteroatoms. The van der Waals surface area contributed by atoms with Crippen LogP contribution >= 0.6 is 0 Å². The quantitative estimate of drug-likeness (QED) is 0.619. The Bertz CT molecular complexity index is 234. The molecule has 1 rings (SSSR count).